The molecule has 5 nitrogen and oxygen atoms in total. The Morgan fingerprint density at radius 1 is 1.15 bits per heavy atom. The topological polar surface area (TPSA) is 71.2 Å². The molecule has 2 aromatic carbocycles. The van der Waals surface area contributed by atoms with Crippen LogP contribution < -0.4 is 5.32 Å². The van der Waals surface area contributed by atoms with Crippen LogP contribution in [0.3, 0.4) is 0 Å². The van der Waals surface area contributed by atoms with E-state index in [0.717, 1.165) is 26.5 Å². The van der Waals surface area contributed by atoms with E-state index >= 15 is 0 Å². The van der Waals surface area contributed by atoms with Crippen molar-refractivity contribution in [3.05, 3.63) is 70.3 Å². The lowest BCUT2D eigenvalue weighted by Crippen LogP contribution is -2.42. The number of para-hydroxylation sites is 1. The first-order valence-corrected chi connectivity index (χ1v) is 9.05. The number of ether oxygens (including phenoxy) is 1. The lowest BCUT2D eigenvalue weighted by Gasteiger charge is -2.16. The normalized spacial score (nSPS) is 11.9. The minimum absolute atomic E-state index is 0.163. The Kier molecular flexibility index (Phi) is 5.73. The number of nitrogens with one attached hydrogen (secondary N) is 2. The van der Waals surface area contributed by atoms with Gasteiger partial charge in [0.05, 0.1) is 0 Å². The molecule has 1 atom stereocenters. The molecule has 0 spiro atoms. The lowest BCUT2D eigenvalue weighted by atomic mass is 10.0. The van der Waals surface area contributed by atoms with Gasteiger partial charge in [-0.2, -0.15) is 0 Å². The van der Waals surface area contributed by atoms with E-state index in [1.165, 1.54) is 6.92 Å². The second-order valence-electron chi connectivity index (χ2n) is 6.05. The summed E-state index contributed by atoms with van der Waals surface area (Å²) in [5.74, 6) is -0.719. The van der Waals surface area contributed by atoms with Crippen molar-refractivity contribution in [1.29, 1.82) is 0 Å². The molecular weight excluding hydrogens is 396 g/mol. The van der Waals surface area contributed by atoms with Gasteiger partial charge >= 0.3 is 5.97 Å². The van der Waals surface area contributed by atoms with E-state index in [1.54, 1.807) is 0 Å². The Balaban J connectivity index is 1.71. The van der Waals surface area contributed by atoms with Gasteiger partial charge in [0.2, 0.25) is 5.91 Å². The number of fused-ring (bicyclic) bond motifs is 1. The molecule has 0 aliphatic carbocycles. The Morgan fingerprint density at radius 2 is 1.88 bits per heavy atom. The van der Waals surface area contributed by atoms with Crippen LogP contribution in [0.4, 0.5) is 0 Å². The maximum Gasteiger partial charge on any atom is 0.329 e. The molecule has 0 radical (unpaired) electrons. The summed E-state index contributed by atoms with van der Waals surface area (Å²) < 4.78 is 6.37. The first kappa shape index (κ1) is 18.2. The van der Waals surface area contributed by atoms with Crippen molar-refractivity contribution in [3.8, 4) is 0 Å². The molecule has 1 aromatic heterocycles. The van der Waals surface area contributed by atoms with Crippen LogP contribution in [0.25, 0.3) is 10.9 Å². The van der Waals surface area contributed by atoms with Crippen LogP contribution in [0.5, 0.6) is 0 Å². The van der Waals surface area contributed by atoms with Gasteiger partial charge in [-0.05, 0) is 29.3 Å². The number of benzene rings is 2. The average molecular weight is 415 g/mol. The summed E-state index contributed by atoms with van der Waals surface area (Å²) in [4.78, 5) is 27.2. The summed E-state index contributed by atoms with van der Waals surface area (Å²) in [6.07, 6.45) is 2.23. The molecule has 0 aliphatic heterocycles. The Hall–Kier alpha value is -2.60. The molecule has 6 heteroatoms. The smallest absolute Gasteiger partial charge is 0.329 e. The monoisotopic (exact) mass is 414 g/mol. The fraction of sp³-hybridized carbons (Fsp3) is 0.200. The fourth-order valence-corrected chi connectivity index (χ4v) is 3.06. The standard InChI is InChI=1S/C20H19BrN2O3/c1-13(24)23-19(10-15-11-22-18-5-3-2-4-17(15)18)20(25)26-12-14-6-8-16(21)9-7-14/h2-9,11,19,22H,10,12H2,1H3,(H,23,24)/t19-/m0/s1. The third-order valence-electron chi connectivity index (χ3n) is 4.06. The van der Waals surface area contributed by atoms with Crippen molar-refractivity contribution in [2.75, 3.05) is 0 Å². The molecule has 1 amide bonds. The number of hydrogen-bond acceptors (Lipinski definition) is 3. The molecule has 2 N–H and O–H groups in total. The van der Waals surface area contributed by atoms with Gasteiger partial charge in [-0.3, -0.25) is 4.79 Å². The molecule has 0 bridgehead atoms. The summed E-state index contributed by atoms with van der Waals surface area (Å²) >= 11 is 3.37. The van der Waals surface area contributed by atoms with Crippen LogP contribution >= 0.6 is 15.9 Å². The quantitative estimate of drug-likeness (QED) is 0.603. The van der Waals surface area contributed by atoms with Gasteiger partial charge in [-0.15, -0.1) is 0 Å². The van der Waals surface area contributed by atoms with Crippen molar-refractivity contribution in [3.63, 3.8) is 0 Å². The summed E-state index contributed by atoms with van der Waals surface area (Å²) in [5, 5.41) is 3.72. The average Bonchev–Trinajstić information content (AvgIpc) is 3.03. The van der Waals surface area contributed by atoms with Gasteiger partial charge in [0.15, 0.2) is 0 Å². The van der Waals surface area contributed by atoms with Gasteiger partial charge in [-0.1, -0.05) is 46.3 Å². The predicted octanol–water partition coefficient (Wildman–Crippen LogP) is 3.72. The second kappa shape index (κ2) is 8.19. The lowest BCUT2D eigenvalue weighted by molar-refractivity contribution is -0.149. The zero-order valence-corrected chi connectivity index (χ0v) is 15.9. The molecule has 0 saturated carbocycles. The van der Waals surface area contributed by atoms with Crippen molar-refractivity contribution in [1.82, 2.24) is 10.3 Å². The van der Waals surface area contributed by atoms with E-state index in [2.05, 4.69) is 26.2 Å². The summed E-state index contributed by atoms with van der Waals surface area (Å²) in [5.41, 5.74) is 2.84. The van der Waals surface area contributed by atoms with E-state index in [9.17, 15) is 9.59 Å². The van der Waals surface area contributed by atoms with Crippen molar-refractivity contribution in [2.24, 2.45) is 0 Å². The van der Waals surface area contributed by atoms with Crippen LogP contribution in [0.2, 0.25) is 0 Å². The number of H-pyrrole nitrogens is 1. The fourth-order valence-electron chi connectivity index (χ4n) is 2.79. The number of amides is 1. The van der Waals surface area contributed by atoms with Crippen LogP contribution in [0.1, 0.15) is 18.1 Å². The maximum atomic E-state index is 12.5. The molecule has 0 fully saturated rings. The van der Waals surface area contributed by atoms with E-state index < -0.39 is 12.0 Å². The van der Waals surface area contributed by atoms with E-state index in [-0.39, 0.29) is 12.5 Å². The minimum atomic E-state index is -0.734. The van der Waals surface area contributed by atoms with Crippen molar-refractivity contribution < 1.29 is 14.3 Å². The van der Waals surface area contributed by atoms with Crippen LogP contribution in [-0.2, 0) is 27.4 Å². The van der Waals surface area contributed by atoms with E-state index in [0.29, 0.717) is 6.42 Å². The zero-order valence-electron chi connectivity index (χ0n) is 14.3. The summed E-state index contributed by atoms with van der Waals surface area (Å²) in [7, 11) is 0. The number of carbonyl (C=O) groups is 2. The Morgan fingerprint density at radius 3 is 2.62 bits per heavy atom. The van der Waals surface area contributed by atoms with Gasteiger partial charge in [0.25, 0.3) is 0 Å². The number of aromatic amines is 1. The maximum absolute atomic E-state index is 12.5. The number of hydrogen-bond donors (Lipinski definition) is 2. The highest BCUT2D eigenvalue weighted by Crippen LogP contribution is 2.19. The third kappa shape index (κ3) is 4.52. The highest BCUT2D eigenvalue weighted by Gasteiger charge is 2.23. The molecule has 0 saturated heterocycles. The molecule has 3 aromatic rings. The second-order valence-corrected chi connectivity index (χ2v) is 6.97. The number of carbonyl (C=O) groups excluding carboxylic acids is 2. The molecule has 1 heterocycles. The van der Waals surface area contributed by atoms with Gasteiger partial charge < -0.3 is 15.0 Å². The predicted molar refractivity (Wildman–Crippen MR) is 104 cm³/mol. The third-order valence-corrected chi connectivity index (χ3v) is 4.58. The number of esters is 1. The molecule has 0 aliphatic rings. The van der Waals surface area contributed by atoms with Gasteiger partial charge in [0, 0.05) is 34.9 Å². The molecular formula is C20H19BrN2O3. The largest absolute Gasteiger partial charge is 0.459 e. The molecule has 134 valence electrons. The van der Waals surface area contributed by atoms with Gasteiger partial charge in [0.1, 0.15) is 12.6 Å². The van der Waals surface area contributed by atoms with Crippen LogP contribution in [-0.4, -0.2) is 22.9 Å². The Labute approximate surface area is 159 Å². The number of aromatic nitrogens is 1. The van der Waals surface area contributed by atoms with Gasteiger partial charge in [-0.25, -0.2) is 4.79 Å². The molecule has 3 rings (SSSR count). The van der Waals surface area contributed by atoms with Crippen LogP contribution in [0, 0.1) is 0 Å². The van der Waals surface area contributed by atoms with E-state index in [4.69, 9.17) is 4.74 Å². The van der Waals surface area contributed by atoms with E-state index in [1.807, 2.05) is 54.7 Å². The SMILES string of the molecule is CC(=O)N[C@@H](Cc1c[nH]c2ccccc12)C(=O)OCc1ccc(Br)cc1. The molecule has 26 heavy (non-hydrogen) atoms. The highest BCUT2D eigenvalue weighted by atomic mass is 79.9. The van der Waals surface area contributed by atoms with Crippen LogP contribution in [0.15, 0.2) is 59.2 Å². The first-order chi connectivity index (χ1) is 12.5. The zero-order chi connectivity index (χ0) is 18.5. The molecule has 0 unspecified atom stereocenters. The number of rotatable bonds is 6. The highest BCUT2D eigenvalue weighted by molar-refractivity contribution is 9.10. The van der Waals surface area contributed by atoms with Crippen molar-refractivity contribution in [2.45, 2.75) is 26.0 Å². The summed E-state index contributed by atoms with van der Waals surface area (Å²) in [6, 6.07) is 14.6. The first-order valence-electron chi connectivity index (χ1n) is 8.26. The Bertz CT molecular complexity index is 918. The number of halogens is 1. The minimum Gasteiger partial charge on any atom is -0.459 e. The summed E-state index contributed by atoms with van der Waals surface area (Å²) in [6.45, 7) is 1.56. The van der Waals surface area contributed by atoms with Crippen molar-refractivity contribution >= 4 is 38.7 Å².